The van der Waals surface area contributed by atoms with Gasteiger partial charge < -0.3 is 9.47 Å². The average Bonchev–Trinajstić information content (AvgIpc) is 2.87. The topological polar surface area (TPSA) is 89.3 Å². The lowest BCUT2D eigenvalue weighted by Gasteiger charge is -2.08. The molecular weight excluding hydrogens is 382 g/mol. The van der Waals surface area contributed by atoms with E-state index in [0.29, 0.717) is 6.07 Å². The van der Waals surface area contributed by atoms with E-state index in [2.05, 4.69) is 25.0 Å². The van der Waals surface area contributed by atoms with Crippen molar-refractivity contribution in [2.24, 2.45) is 10.2 Å². The molecule has 0 radical (unpaired) electrons. The number of rotatable bonds is 4. The van der Waals surface area contributed by atoms with Crippen molar-refractivity contribution in [2.45, 2.75) is 6.36 Å². The fourth-order valence-corrected chi connectivity index (χ4v) is 2.33. The minimum absolute atomic E-state index is 0.0267. The van der Waals surface area contributed by atoms with E-state index in [4.69, 9.17) is 0 Å². The number of carbonyl (C=O) groups is 2. The van der Waals surface area contributed by atoms with Crippen LogP contribution in [0, 0.1) is 5.82 Å². The predicted molar refractivity (Wildman–Crippen MR) is 83.9 cm³/mol. The lowest BCUT2D eigenvalue weighted by Crippen LogP contribution is -2.19. The van der Waals surface area contributed by atoms with E-state index in [1.54, 1.807) is 0 Å². The molecule has 12 heteroatoms. The smallest absolute Gasteiger partial charge is 0.466 e. The second kappa shape index (κ2) is 7.99. The summed E-state index contributed by atoms with van der Waals surface area (Å²) in [4.78, 5) is 22.7. The van der Waals surface area contributed by atoms with Gasteiger partial charge >= 0.3 is 12.3 Å². The number of carbonyl (C=O) groups excluding carboxylic acids is 2. The molecule has 0 spiro atoms. The van der Waals surface area contributed by atoms with E-state index in [-0.39, 0.29) is 15.6 Å². The average molecular weight is 391 g/mol. The quantitative estimate of drug-likeness (QED) is 0.280. The molecule has 1 N–H and O–H groups in total. The molecule has 1 aliphatic rings. The number of thioether (sulfide) groups is 1. The van der Waals surface area contributed by atoms with Gasteiger partial charge in [0.2, 0.25) is 0 Å². The Bertz CT molecular complexity index is 821. The summed E-state index contributed by atoms with van der Waals surface area (Å²) in [5.74, 6) is -3.04. The molecule has 7 nitrogen and oxygen atoms in total. The molecule has 0 aromatic heterocycles. The van der Waals surface area contributed by atoms with Gasteiger partial charge in [-0.3, -0.25) is 10.1 Å². The highest BCUT2D eigenvalue weighted by atomic mass is 32.2. The summed E-state index contributed by atoms with van der Waals surface area (Å²) >= 11 is 0.808. The first kappa shape index (κ1) is 19.4. The Morgan fingerprint density at radius 1 is 1.35 bits per heavy atom. The SMILES string of the molecule is COC(=O)/C=C1/S/C(=N\N=Cc2ccc(OC(F)(F)F)cc2F)NC1=O. The van der Waals surface area contributed by atoms with Gasteiger partial charge in [0.15, 0.2) is 5.17 Å². The molecule has 1 aromatic carbocycles. The number of nitrogens with zero attached hydrogens (tertiary/aromatic N) is 2. The second-order valence-electron chi connectivity index (χ2n) is 4.47. The van der Waals surface area contributed by atoms with Crippen LogP contribution in [0.3, 0.4) is 0 Å². The van der Waals surface area contributed by atoms with Crippen LogP contribution in [-0.2, 0) is 14.3 Å². The van der Waals surface area contributed by atoms with Crippen LogP contribution < -0.4 is 10.1 Å². The van der Waals surface area contributed by atoms with E-state index in [1.165, 1.54) is 0 Å². The molecule has 0 aliphatic carbocycles. The standard InChI is InChI=1S/C14H9F4N3O4S/c1-24-11(22)5-10-12(23)20-13(26-10)21-19-6-7-2-3-8(4-9(7)15)25-14(16,17)18/h2-6H,1H3,(H,20,21,23)/b10-5+,19-6?. The van der Waals surface area contributed by atoms with Crippen LogP contribution in [-0.4, -0.2) is 36.7 Å². The van der Waals surface area contributed by atoms with Crippen molar-refractivity contribution in [3.05, 3.63) is 40.6 Å². The Kier molecular flexibility index (Phi) is 5.97. The molecule has 138 valence electrons. The third kappa shape index (κ3) is 5.58. The van der Waals surface area contributed by atoms with Crippen molar-refractivity contribution in [3.8, 4) is 5.75 Å². The molecule has 0 atom stereocenters. The van der Waals surface area contributed by atoms with E-state index < -0.39 is 29.8 Å². The third-order valence-electron chi connectivity index (χ3n) is 2.65. The first-order valence-electron chi connectivity index (χ1n) is 6.63. The molecule has 0 bridgehead atoms. The van der Waals surface area contributed by atoms with Crippen molar-refractivity contribution in [1.82, 2.24) is 5.32 Å². The number of methoxy groups -OCH3 is 1. The summed E-state index contributed by atoms with van der Waals surface area (Å²) in [6.07, 6.45) is -3.03. The normalized spacial score (nSPS) is 17.8. The molecule has 2 rings (SSSR count). The highest BCUT2D eigenvalue weighted by Crippen LogP contribution is 2.25. The number of hydrogen-bond donors (Lipinski definition) is 1. The largest absolute Gasteiger partial charge is 0.573 e. The van der Waals surface area contributed by atoms with Crippen molar-refractivity contribution >= 4 is 35.0 Å². The highest BCUT2D eigenvalue weighted by Gasteiger charge is 2.31. The van der Waals surface area contributed by atoms with Gasteiger partial charge in [-0.2, -0.15) is 5.10 Å². The number of ether oxygens (including phenoxy) is 2. The minimum atomic E-state index is -4.93. The summed E-state index contributed by atoms with van der Waals surface area (Å²) in [7, 11) is 1.15. The van der Waals surface area contributed by atoms with Crippen LogP contribution in [0.2, 0.25) is 0 Å². The Hall–Kier alpha value is -2.89. The van der Waals surface area contributed by atoms with Gasteiger partial charge in [-0.15, -0.1) is 18.3 Å². The Balaban J connectivity index is 2.06. The van der Waals surface area contributed by atoms with Crippen LogP contribution in [0.15, 0.2) is 39.4 Å². The molecule has 0 unspecified atom stereocenters. The van der Waals surface area contributed by atoms with Gasteiger partial charge in [-0.25, -0.2) is 9.18 Å². The second-order valence-corrected chi connectivity index (χ2v) is 5.50. The number of esters is 1. The van der Waals surface area contributed by atoms with Gasteiger partial charge in [0.25, 0.3) is 5.91 Å². The van der Waals surface area contributed by atoms with Crippen molar-refractivity contribution in [1.29, 1.82) is 0 Å². The Morgan fingerprint density at radius 2 is 2.08 bits per heavy atom. The zero-order valence-electron chi connectivity index (χ0n) is 12.8. The fourth-order valence-electron chi connectivity index (χ4n) is 1.59. The summed E-state index contributed by atoms with van der Waals surface area (Å²) in [5.41, 5.74) is -0.150. The predicted octanol–water partition coefficient (Wildman–Crippen LogP) is 2.33. The van der Waals surface area contributed by atoms with Gasteiger partial charge in [0.1, 0.15) is 11.6 Å². The fraction of sp³-hybridized carbons (Fsp3) is 0.143. The number of alkyl halides is 3. The van der Waals surface area contributed by atoms with Crippen molar-refractivity contribution in [2.75, 3.05) is 7.11 Å². The van der Waals surface area contributed by atoms with E-state index in [1.807, 2.05) is 0 Å². The molecule has 1 aliphatic heterocycles. The lowest BCUT2D eigenvalue weighted by molar-refractivity contribution is -0.274. The van der Waals surface area contributed by atoms with Gasteiger partial charge in [0, 0.05) is 17.7 Å². The molecule has 1 heterocycles. The van der Waals surface area contributed by atoms with Gasteiger partial charge in [-0.05, 0) is 23.9 Å². The summed E-state index contributed by atoms with van der Waals surface area (Å²) in [6.45, 7) is 0. The summed E-state index contributed by atoms with van der Waals surface area (Å²) in [5, 5.41) is 9.50. The van der Waals surface area contributed by atoms with E-state index in [9.17, 15) is 27.2 Å². The minimum Gasteiger partial charge on any atom is -0.466 e. The number of amidine groups is 1. The third-order valence-corrected chi connectivity index (χ3v) is 3.55. The molecule has 1 saturated heterocycles. The highest BCUT2D eigenvalue weighted by molar-refractivity contribution is 8.18. The first-order valence-corrected chi connectivity index (χ1v) is 7.45. The van der Waals surface area contributed by atoms with Crippen LogP contribution in [0.5, 0.6) is 5.75 Å². The maximum atomic E-state index is 13.7. The molecule has 0 saturated carbocycles. The Morgan fingerprint density at radius 3 is 2.69 bits per heavy atom. The zero-order chi connectivity index (χ0) is 19.3. The number of benzene rings is 1. The van der Waals surface area contributed by atoms with Gasteiger partial charge in [0.05, 0.1) is 18.2 Å². The van der Waals surface area contributed by atoms with Crippen molar-refractivity contribution in [3.63, 3.8) is 0 Å². The molecule has 1 aromatic rings. The first-order chi connectivity index (χ1) is 12.2. The maximum absolute atomic E-state index is 13.7. The molecule has 1 fully saturated rings. The van der Waals surface area contributed by atoms with Crippen molar-refractivity contribution < 1.29 is 36.6 Å². The molecular formula is C14H9F4N3O4S. The van der Waals surface area contributed by atoms with Crippen LogP contribution >= 0.6 is 11.8 Å². The summed E-state index contributed by atoms with van der Waals surface area (Å²) < 4.78 is 57.8. The number of hydrogen-bond acceptors (Lipinski definition) is 7. The number of amides is 1. The number of halogens is 4. The van der Waals surface area contributed by atoms with E-state index >= 15 is 0 Å². The summed E-state index contributed by atoms with van der Waals surface area (Å²) in [6, 6.07) is 2.47. The van der Waals surface area contributed by atoms with Crippen LogP contribution in [0.25, 0.3) is 0 Å². The molecule has 26 heavy (non-hydrogen) atoms. The van der Waals surface area contributed by atoms with Crippen LogP contribution in [0.4, 0.5) is 17.6 Å². The lowest BCUT2D eigenvalue weighted by atomic mass is 10.2. The monoisotopic (exact) mass is 391 g/mol. The Labute approximate surface area is 147 Å². The molecule has 1 amide bonds. The van der Waals surface area contributed by atoms with Gasteiger partial charge in [-0.1, -0.05) is 0 Å². The van der Waals surface area contributed by atoms with E-state index in [0.717, 1.165) is 43.3 Å². The zero-order valence-corrected chi connectivity index (χ0v) is 13.7. The number of nitrogens with one attached hydrogen (secondary N) is 1. The van der Waals surface area contributed by atoms with Crippen LogP contribution in [0.1, 0.15) is 5.56 Å². The maximum Gasteiger partial charge on any atom is 0.573 e.